The molecular weight excluding hydrogens is 268 g/mol. The predicted octanol–water partition coefficient (Wildman–Crippen LogP) is 3.60. The van der Waals surface area contributed by atoms with Crippen molar-refractivity contribution in [3.63, 3.8) is 0 Å². The van der Waals surface area contributed by atoms with Crippen LogP contribution in [-0.2, 0) is 6.54 Å². The standard InChI is InChI=1S/C15H20N4O2/c1-10(2)18-9-13(8-17-18)7-16-14-5-11(3)12(4)6-15(14)19(20)21/h5-6,8-10,16H,7H2,1-4H3. The molecule has 0 aliphatic heterocycles. The van der Waals surface area contributed by atoms with Crippen molar-refractivity contribution < 1.29 is 4.92 Å². The largest absolute Gasteiger partial charge is 0.375 e. The third-order valence-electron chi connectivity index (χ3n) is 3.48. The van der Waals surface area contributed by atoms with Gasteiger partial charge in [-0.3, -0.25) is 14.8 Å². The molecule has 1 aromatic carbocycles. The first-order chi connectivity index (χ1) is 9.88. The van der Waals surface area contributed by atoms with E-state index in [2.05, 4.69) is 24.3 Å². The lowest BCUT2D eigenvalue weighted by Crippen LogP contribution is -2.04. The van der Waals surface area contributed by atoms with Crippen molar-refractivity contribution in [3.8, 4) is 0 Å². The van der Waals surface area contributed by atoms with E-state index >= 15 is 0 Å². The predicted molar refractivity (Wildman–Crippen MR) is 82.5 cm³/mol. The van der Waals surface area contributed by atoms with E-state index in [1.165, 1.54) is 0 Å². The van der Waals surface area contributed by atoms with Crippen LogP contribution in [0.25, 0.3) is 0 Å². The molecule has 0 saturated carbocycles. The Kier molecular flexibility index (Phi) is 4.26. The summed E-state index contributed by atoms with van der Waals surface area (Å²) in [6, 6.07) is 3.73. The molecule has 1 N–H and O–H groups in total. The second-order valence-electron chi connectivity index (χ2n) is 5.49. The van der Waals surface area contributed by atoms with E-state index in [1.54, 1.807) is 12.3 Å². The van der Waals surface area contributed by atoms with Crippen LogP contribution in [0.15, 0.2) is 24.5 Å². The lowest BCUT2D eigenvalue weighted by molar-refractivity contribution is -0.384. The molecule has 0 unspecified atom stereocenters. The molecule has 2 rings (SSSR count). The van der Waals surface area contributed by atoms with Crippen molar-refractivity contribution in [2.45, 2.75) is 40.3 Å². The van der Waals surface area contributed by atoms with Gasteiger partial charge in [-0.1, -0.05) is 0 Å². The molecule has 6 heteroatoms. The van der Waals surface area contributed by atoms with Crippen LogP contribution >= 0.6 is 0 Å². The van der Waals surface area contributed by atoms with E-state index in [4.69, 9.17) is 0 Å². The van der Waals surface area contributed by atoms with Crippen LogP contribution in [0.2, 0.25) is 0 Å². The van der Waals surface area contributed by atoms with Crippen LogP contribution in [0.4, 0.5) is 11.4 Å². The van der Waals surface area contributed by atoms with E-state index in [1.807, 2.05) is 30.8 Å². The molecule has 0 aliphatic rings. The van der Waals surface area contributed by atoms with Gasteiger partial charge in [0.2, 0.25) is 0 Å². The Morgan fingerprint density at radius 1 is 1.33 bits per heavy atom. The van der Waals surface area contributed by atoms with Crippen LogP contribution in [0.1, 0.15) is 36.6 Å². The van der Waals surface area contributed by atoms with Gasteiger partial charge in [-0.2, -0.15) is 5.10 Å². The lowest BCUT2D eigenvalue weighted by Gasteiger charge is -2.09. The van der Waals surface area contributed by atoms with Gasteiger partial charge in [-0.05, 0) is 44.9 Å². The zero-order valence-corrected chi connectivity index (χ0v) is 12.8. The summed E-state index contributed by atoms with van der Waals surface area (Å²) in [5, 5.41) is 18.5. The molecule has 0 atom stereocenters. The van der Waals surface area contributed by atoms with Gasteiger partial charge in [0.1, 0.15) is 5.69 Å². The average Bonchev–Trinajstić information content (AvgIpc) is 2.88. The number of nitrogens with one attached hydrogen (secondary N) is 1. The number of anilines is 1. The smallest absolute Gasteiger partial charge is 0.292 e. The van der Waals surface area contributed by atoms with E-state index in [0.717, 1.165) is 16.7 Å². The number of hydrogen-bond acceptors (Lipinski definition) is 4. The van der Waals surface area contributed by atoms with Gasteiger partial charge >= 0.3 is 0 Å². The minimum atomic E-state index is -0.355. The first kappa shape index (κ1) is 15.0. The molecule has 1 aromatic heterocycles. The quantitative estimate of drug-likeness (QED) is 0.674. The number of benzene rings is 1. The van der Waals surface area contributed by atoms with Gasteiger partial charge in [0, 0.05) is 30.4 Å². The minimum Gasteiger partial charge on any atom is -0.375 e. The molecule has 112 valence electrons. The van der Waals surface area contributed by atoms with E-state index in [0.29, 0.717) is 18.3 Å². The topological polar surface area (TPSA) is 73.0 Å². The molecule has 0 saturated heterocycles. The van der Waals surface area contributed by atoms with Crippen molar-refractivity contribution in [3.05, 3.63) is 51.3 Å². The number of nitro groups is 1. The maximum absolute atomic E-state index is 11.1. The molecule has 1 heterocycles. The number of aryl methyl sites for hydroxylation is 2. The van der Waals surface area contributed by atoms with Gasteiger partial charge < -0.3 is 5.32 Å². The zero-order chi connectivity index (χ0) is 15.6. The Morgan fingerprint density at radius 3 is 2.57 bits per heavy atom. The number of rotatable bonds is 5. The van der Waals surface area contributed by atoms with E-state index < -0.39 is 0 Å². The first-order valence-corrected chi connectivity index (χ1v) is 6.91. The summed E-state index contributed by atoms with van der Waals surface area (Å²) in [4.78, 5) is 10.8. The molecular formula is C15H20N4O2. The summed E-state index contributed by atoms with van der Waals surface area (Å²) in [5.41, 5.74) is 3.59. The van der Waals surface area contributed by atoms with Crippen LogP contribution in [-0.4, -0.2) is 14.7 Å². The van der Waals surface area contributed by atoms with Crippen LogP contribution in [0.3, 0.4) is 0 Å². The maximum atomic E-state index is 11.1. The van der Waals surface area contributed by atoms with Gasteiger partial charge in [0.05, 0.1) is 11.1 Å². The zero-order valence-electron chi connectivity index (χ0n) is 12.8. The Balaban J connectivity index is 2.18. The van der Waals surface area contributed by atoms with Crippen molar-refractivity contribution in [2.75, 3.05) is 5.32 Å². The lowest BCUT2D eigenvalue weighted by atomic mass is 10.1. The van der Waals surface area contributed by atoms with Gasteiger partial charge in [-0.25, -0.2) is 0 Å². The summed E-state index contributed by atoms with van der Waals surface area (Å²) >= 11 is 0. The number of nitro benzene ring substituents is 1. The van der Waals surface area contributed by atoms with Crippen molar-refractivity contribution in [1.82, 2.24) is 9.78 Å². The third-order valence-corrected chi connectivity index (χ3v) is 3.48. The third kappa shape index (κ3) is 3.39. The van der Waals surface area contributed by atoms with Crippen LogP contribution in [0.5, 0.6) is 0 Å². The Hall–Kier alpha value is -2.37. The number of aromatic nitrogens is 2. The van der Waals surface area contributed by atoms with Crippen LogP contribution in [0, 0.1) is 24.0 Å². The molecule has 0 aliphatic carbocycles. The highest BCUT2D eigenvalue weighted by Gasteiger charge is 2.15. The molecule has 0 fully saturated rings. The van der Waals surface area contributed by atoms with Crippen LogP contribution < -0.4 is 5.32 Å². The Morgan fingerprint density at radius 2 is 2.00 bits per heavy atom. The first-order valence-electron chi connectivity index (χ1n) is 6.91. The highest BCUT2D eigenvalue weighted by molar-refractivity contribution is 5.64. The average molecular weight is 288 g/mol. The normalized spacial score (nSPS) is 10.9. The van der Waals surface area contributed by atoms with Gasteiger partial charge in [-0.15, -0.1) is 0 Å². The summed E-state index contributed by atoms with van der Waals surface area (Å²) in [5.74, 6) is 0. The minimum absolute atomic E-state index is 0.106. The maximum Gasteiger partial charge on any atom is 0.292 e. The molecule has 0 bridgehead atoms. The van der Waals surface area contributed by atoms with Gasteiger partial charge in [0.25, 0.3) is 5.69 Å². The molecule has 2 aromatic rings. The fraction of sp³-hybridized carbons (Fsp3) is 0.400. The molecule has 21 heavy (non-hydrogen) atoms. The van der Waals surface area contributed by atoms with Crippen molar-refractivity contribution in [1.29, 1.82) is 0 Å². The van der Waals surface area contributed by atoms with Crippen molar-refractivity contribution in [2.24, 2.45) is 0 Å². The highest BCUT2D eigenvalue weighted by Crippen LogP contribution is 2.28. The summed E-state index contributed by atoms with van der Waals surface area (Å²) in [7, 11) is 0. The summed E-state index contributed by atoms with van der Waals surface area (Å²) < 4.78 is 1.87. The fourth-order valence-corrected chi connectivity index (χ4v) is 2.04. The van der Waals surface area contributed by atoms with E-state index in [-0.39, 0.29) is 10.6 Å². The second-order valence-corrected chi connectivity index (χ2v) is 5.49. The molecule has 0 spiro atoms. The summed E-state index contributed by atoms with van der Waals surface area (Å²) in [6.07, 6.45) is 3.73. The van der Waals surface area contributed by atoms with Crippen molar-refractivity contribution >= 4 is 11.4 Å². The SMILES string of the molecule is Cc1cc(NCc2cnn(C(C)C)c2)c([N+](=O)[O-])cc1C. The Bertz CT molecular complexity index is 662. The fourth-order valence-electron chi connectivity index (χ4n) is 2.04. The number of nitrogens with zero attached hydrogens (tertiary/aromatic N) is 3. The molecule has 6 nitrogen and oxygen atoms in total. The molecule has 0 amide bonds. The monoisotopic (exact) mass is 288 g/mol. The molecule has 0 radical (unpaired) electrons. The highest BCUT2D eigenvalue weighted by atomic mass is 16.6. The van der Waals surface area contributed by atoms with Gasteiger partial charge in [0.15, 0.2) is 0 Å². The van der Waals surface area contributed by atoms with E-state index in [9.17, 15) is 10.1 Å². The number of hydrogen-bond donors (Lipinski definition) is 1. The second kappa shape index (κ2) is 5.95. The summed E-state index contributed by atoms with van der Waals surface area (Å²) in [6.45, 7) is 8.44. The Labute approximate surface area is 123 Å².